The first-order valence-electron chi connectivity index (χ1n) is 10.9. The Hall–Kier alpha value is -3.38. The van der Waals surface area contributed by atoms with Crippen LogP contribution < -0.4 is 15.4 Å². The number of nitrogens with one attached hydrogen (secondary N) is 2. The molecule has 2 aromatic carbocycles. The fraction of sp³-hybridized carbons (Fsp3) is 0.259. The summed E-state index contributed by atoms with van der Waals surface area (Å²) >= 11 is 1.50. The molecule has 4 rings (SSSR count). The van der Waals surface area contributed by atoms with Crippen LogP contribution >= 0.6 is 11.3 Å². The van der Waals surface area contributed by atoms with Crippen molar-refractivity contribution in [3.63, 3.8) is 0 Å². The van der Waals surface area contributed by atoms with E-state index >= 15 is 0 Å². The molecule has 6 heteroatoms. The van der Waals surface area contributed by atoms with Crippen molar-refractivity contribution in [2.24, 2.45) is 0 Å². The third-order valence-electron chi connectivity index (χ3n) is 5.56. The summed E-state index contributed by atoms with van der Waals surface area (Å²) in [5.74, 6) is 0.116. The zero-order valence-electron chi connectivity index (χ0n) is 19.3. The number of carbonyl (C=O) groups is 2. The lowest BCUT2D eigenvalue weighted by Gasteiger charge is -2.38. The molecule has 0 bridgehead atoms. The molecular formula is C27H28N2O3S. The lowest BCUT2D eigenvalue weighted by Crippen LogP contribution is -2.43. The van der Waals surface area contributed by atoms with Gasteiger partial charge in [0, 0.05) is 22.4 Å². The molecule has 33 heavy (non-hydrogen) atoms. The van der Waals surface area contributed by atoms with Crippen LogP contribution in [0.4, 0.5) is 0 Å². The molecule has 0 saturated heterocycles. The number of rotatable bonds is 5. The number of hydrogen-bond donors (Lipinski definition) is 2. The van der Waals surface area contributed by atoms with Gasteiger partial charge in [-0.15, -0.1) is 11.3 Å². The minimum atomic E-state index is -0.428. The Balaban J connectivity index is 1.61. The van der Waals surface area contributed by atoms with Gasteiger partial charge >= 0.3 is 0 Å². The zero-order valence-corrected chi connectivity index (χ0v) is 20.1. The van der Waals surface area contributed by atoms with E-state index in [4.69, 9.17) is 4.74 Å². The first-order chi connectivity index (χ1) is 15.7. The number of carbonyl (C=O) groups excluding carboxylic acids is 2. The second-order valence-electron chi connectivity index (χ2n) is 9.03. The average Bonchev–Trinajstić information content (AvgIpc) is 3.27. The van der Waals surface area contributed by atoms with Gasteiger partial charge in [-0.2, -0.15) is 0 Å². The van der Waals surface area contributed by atoms with Crippen molar-refractivity contribution < 1.29 is 14.3 Å². The van der Waals surface area contributed by atoms with E-state index in [1.54, 1.807) is 18.2 Å². The number of benzene rings is 2. The van der Waals surface area contributed by atoms with Gasteiger partial charge in [-0.1, -0.05) is 41.5 Å². The predicted molar refractivity (Wildman–Crippen MR) is 132 cm³/mol. The summed E-state index contributed by atoms with van der Waals surface area (Å²) in [6.45, 7) is 8.00. The average molecular weight is 461 g/mol. The van der Waals surface area contributed by atoms with Crippen LogP contribution in [0.5, 0.6) is 5.75 Å². The minimum Gasteiger partial charge on any atom is -0.487 e. The summed E-state index contributed by atoms with van der Waals surface area (Å²) < 4.78 is 6.13. The van der Waals surface area contributed by atoms with Crippen LogP contribution in [-0.2, 0) is 4.79 Å². The fourth-order valence-electron chi connectivity index (χ4n) is 3.91. The highest BCUT2D eigenvalue weighted by Gasteiger charge is 2.35. The molecule has 2 heterocycles. The van der Waals surface area contributed by atoms with E-state index < -0.39 is 5.60 Å². The Labute approximate surface area is 198 Å². The second-order valence-corrected chi connectivity index (χ2v) is 10.0. The molecule has 0 saturated carbocycles. The number of aryl methyl sites for hydroxylation is 2. The standard InChI is InChI=1S/C27H28N2O3S/c1-17-7-10-19(11-8-17)25(30)28-22(15-20-6-5-13-33-20)26(31)29-23-16-27(3,4)32-24-12-9-18(2)14-21(23)24/h5-15,23H,16H2,1-4H3,(H,28,30)(H,29,31)/b22-15-/t23-/m0/s1. The molecule has 1 aromatic heterocycles. The van der Waals surface area contributed by atoms with Gasteiger partial charge in [-0.3, -0.25) is 9.59 Å². The van der Waals surface area contributed by atoms with Crippen LogP contribution in [-0.4, -0.2) is 17.4 Å². The predicted octanol–water partition coefficient (Wildman–Crippen LogP) is 5.55. The summed E-state index contributed by atoms with van der Waals surface area (Å²) in [4.78, 5) is 27.2. The van der Waals surface area contributed by atoms with Crippen LogP contribution in [0.25, 0.3) is 6.08 Å². The molecule has 1 atom stereocenters. The quantitative estimate of drug-likeness (QED) is 0.490. The van der Waals surface area contributed by atoms with Crippen molar-refractivity contribution in [3.05, 3.63) is 92.8 Å². The molecule has 0 fully saturated rings. The van der Waals surface area contributed by atoms with Crippen molar-refractivity contribution in [1.82, 2.24) is 10.6 Å². The topological polar surface area (TPSA) is 67.4 Å². The van der Waals surface area contributed by atoms with Gasteiger partial charge in [-0.05, 0) is 63.4 Å². The molecule has 2 amide bonds. The smallest absolute Gasteiger partial charge is 0.268 e. The minimum absolute atomic E-state index is 0.210. The second kappa shape index (κ2) is 9.24. The fourth-order valence-corrected chi connectivity index (χ4v) is 4.57. The van der Waals surface area contributed by atoms with E-state index in [0.29, 0.717) is 12.0 Å². The maximum absolute atomic E-state index is 13.4. The Morgan fingerprint density at radius 2 is 1.79 bits per heavy atom. The van der Waals surface area contributed by atoms with Crippen molar-refractivity contribution in [2.75, 3.05) is 0 Å². The van der Waals surface area contributed by atoms with Gasteiger partial charge in [0.1, 0.15) is 17.0 Å². The first kappa shape index (κ1) is 22.8. The van der Waals surface area contributed by atoms with Crippen LogP contribution in [0.2, 0.25) is 0 Å². The molecular weight excluding hydrogens is 432 g/mol. The molecule has 0 spiro atoms. The van der Waals surface area contributed by atoms with E-state index in [-0.39, 0.29) is 23.6 Å². The van der Waals surface area contributed by atoms with Gasteiger partial charge in [-0.25, -0.2) is 0 Å². The van der Waals surface area contributed by atoms with Gasteiger partial charge in [0.25, 0.3) is 11.8 Å². The summed E-state index contributed by atoms with van der Waals surface area (Å²) in [7, 11) is 0. The third kappa shape index (κ3) is 5.52. The largest absolute Gasteiger partial charge is 0.487 e. The summed E-state index contributed by atoms with van der Waals surface area (Å²) in [6.07, 6.45) is 2.33. The Kier molecular flexibility index (Phi) is 6.38. The van der Waals surface area contributed by atoms with Gasteiger partial charge in [0.2, 0.25) is 0 Å². The van der Waals surface area contributed by atoms with E-state index in [1.165, 1.54) is 11.3 Å². The molecule has 0 unspecified atom stereocenters. The monoisotopic (exact) mass is 460 g/mol. The maximum atomic E-state index is 13.4. The number of hydrogen-bond acceptors (Lipinski definition) is 4. The van der Waals surface area contributed by atoms with Gasteiger partial charge < -0.3 is 15.4 Å². The Morgan fingerprint density at radius 3 is 2.48 bits per heavy atom. The van der Waals surface area contributed by atoms with E-state index in [1.807, 2.05) is 75.5 Å². The number of thiophene rings is 1. The molecule has 1 aliphatic rings. The van der Waals surface area contributed by atoms with E-state index in [2.05, 4.69) is 10.6 Å². The summed E-state index contributed by atoms with van der Waals surface area (Å²) in [6, 6.07) is 16.8. The van der Waals surface area contributed by atoms with Crippen LogP contribution in [0.3, 0.4) is 0 Å². The lowest BCUT2D eigenvalue weighted by atomic mass is 9.89. The first-order valence-corrected chi connectivity index (χ1v) is 11.8. The van der Waals surface area contributed by atoms with Crippen molar-refractivity contribution in [3.8, 4) is 5.75 Å². The van der Waals surface area contributed by atoms with Crippen molar-refractivity contribution >= 4 is 29.2 Å². The Morgan fingerprint density at radius 1 is 1.06 bits per heavy atom. The van der Waals surface area contributed by atoms with Crippen molar-refractivity contribution in [2.45, 2.75) is 45.8 Å². The normalized spacial score (nSPS) is 17.0. The third-order valence-corrected chi connectivity index (χ3v) is 6.38. The lowest BCUT2D eigenvalue weighted by molar-refractivity contribution is -0.119. The highest BCUT2D eigenvalue weighted by Crippen LogP contribution is 2.40. The summed E-state index contributed by atoms with van der Waals surface area (Å²) in [5, 5.41) is 7.89. The molecule has 170 valence electrons. The van der Waals surface area contributed by atoms with Crippen molar-refractivity contribution in [1.29, 1.82) is 0 Å². The number of amides is 2. The zero-order chi connectivity index (χ0) is 23.6. The molecule has 2 N–H and O–H groups in total. The molecule has 5 nitrogen and oxygen atoms in total. The number of fused-ring (bicyclic) bond motifs is 1. The molecule has 0 aliphatic carbocycles. The SMILES string of the molecule is Cc1ccc(C(=O)N/C(=C\c2cccs2)C(=O)N[C@H]2CC(C)(C)Oc3ccc(C)cc32)cc1. The maximum Gasteiger partial charge on any atom is 0.268 e. The molecule has 0 radical (unpaired) electrons. The van der Waals surface area contributed by atoms with Crippen LogP contribution in [0, 0.1) is 13.8 Å². The number of ether oxygens (including phenoxy) is 1. The molecule has 1 aliphatic heterocycles. The van der Waals surface area contributed by atoms with Crippen LogP contribution in [0.1, 0.15) is 58.2 Å². The molecule has 3 aromatic rings. The van der Waals surface area contributed by atoms with E-state index in [0.717, 1.165) is 27.3 Å². The van der Waals surface area contributed by atoms with Gasteiger partial charge in [0.05, 0.1) is 6.04 Å². The summed E-state index contributed by atoms with van der Waals surface area (Å²) in [5.41, 5.74) is 3.39. The van der Waals surface area contributed by atoms with E-state index in [9.17, 15) is 9.59 Å². The highest BCUT2D eigenvalue weighted by atomic mass is 32.1. The van der Waals surface area contributed by atoms with Crippen LogP contribution in [0.15, 0.2) is 65.7 Å². The Bertz CT molecular complexity index is 1190. The van der Waals surface area contributed by atoms with Gasteiger partial charge in [0.15, 0.2) is 0 Å². The highest BCUT2D eigenvalue weighted by molar-refractivity contribution is 7.10.